The normalized spacial score (nSPS) is 24.2. The zero-order valence-electron chi connectivity index (χ0n) is 11.5. The summed E-state index contributed by atoms with van der Waals surface area (Å²) in [5.74, 6) is -3.25. The first-order valence-electron chi connectivity index (χ1n) is 6.98. The van der Waals surface area contributed by atoms with Gasteiger partial charge < -0.3 is 4.74 Å². The summed E-state index contributed by atoms with van der Waals surface area (Å²) in [5, 5.41) is 0. The molecule has 1 unspecified atom stereocenters. The quantitative estimate of drug-likeness (QED) is 0.636. The molecule has 2 aromatic carbocycles. The summed E-state index contributed by atoms with van der Waals surface area (Å²) < 4.78 is 56.7. The molecule has 2 aromatic rings. The molecule has 1 atom stereocenters. The maximum Gasteiger partial charge on any atom is 0.346 e. The molecule has 0 N–H and O–H groups in total. The van der Waals surface area contributed by atoms with Crippen molar-refractivity contribution in [2.24, 2.45) is 0 Å². The maximum atomic E-state index is 13.7. The Bertz CT molecular complexity index is 756. The van der Waals surface area contributed by atoms with Crippen molar-refractivity contribution in [2.75, 3.05) is 0 Å². The molecule has 22 heavy (non-hydrogen) atoms. The van der Waals surface area contributed by atoms with Crippen LogP contribution in [0.5, 0.6) is 0 Å². The van der Waals surface area contributed by atoms with Gasteiger partial charge in [-0.3, -0.25) is 0 Å². The van der Waals surface area contributed by atoms with Crippen LogP contribution >= 0.6 is 0 Å². The second-order valence-corrected chi connectivity index (χ2v) is 5.79. The van der Waals surface area contributed by atoms with Gasteiger partial charge >= 0.3 is 6.61 Å². The minimum atomic E-state index is -3.25. The van der Waals surface area contributed by atoms with Crippen molar-refractivity contribution in [2.45, 2.75) is 31.0 Å². The average molecular weight is 308 g/mol. The Morgan fingerprint density at radius 3 is 2.32 bits per heavy atom. The highest BCUT2D eigenvalue weighted by molar-refractivity contribution is 5.77. The molecular weight excluding hydrogens is 296 g/mol. The molecule has 1 nitrogen and oxygen atoms in total. The van der Waals surface area contributed by atoms with Crippen LogP contribution in [0.25, 0.3) is 11.1 Å². The largest absolute Gasteiger partial charge is 0.346 e. The first kappa shape index (κ1) is 13.8. The fourth-order valence-corrected chi connectivity index (χ4v) is 3.33. The van der Waals surface area contributed by atoms with Crippen LogP contribution in [0.15, 0.2) is 42.5 Å². The zero-order valence-corrected chi connectivity index (χ0v) is 11.5. The average Bonchev–Trinajstić information content (AvgIpc) is 2.86. The molecule has 2 aliphatic carbocycles. The van der Waals surface area contributed by atoms with Gasteiger partial charge in [0.05, 0.1) is 6.42 Å². The Hall–Kier alpha value is -1.88. The van der Waals surface area contributed by atoms with Crippen molar-refractivity contribution in [1.82, 2.24) is 0 Å². The van der Waals surface area contributed by atoms with Crippen LogP contribution in [0.2, 0.25) is 0 Å². The van der Waals surface area contributed by atoms with E-state index in [1.807, 2.05) is 24.3 Å². The van der Waals surface area contributed by atoms with E-state index >= 15 is 0 Å². The van der Waals surface area contributed by atoms with E-state index in [1.54, 1.807) is 12.1 Å². The number of hydrogen-bond donors (Lipinski definition) is 0. The number of hydrogen-bond acceptors (Lipinski definition) is 1. The number of benzene rings is 2. The van der Waals surface area contributed by atoms with E-state index in [9.17, 15) is 17.6 Å². The summed E-state index contributed by atoms with van der Waals surface area (Å²) in [4.78, 5) is 0. The third kappa shape index (κ3) is 1.81. The maximum absolute atomic E-state index is 13.7. The predicted octanol–water partition coefficient (Wildman–Crippen LogP) is 4.73. The van der Waals surface area contributed by atoms with Crippen molar-refractivity contribution >= 4 is 0 Å². The summed E-state index contributed by atoms with van der Waals surface area (Å²) in [5.41, 5.74) is 1.97. The van der Waals surface area contributed by atoms with E-state index < -0.39 is 24.6 Å². The van der Waals surface area contributed by atoms with Gasteiger partial charge in [-0.2, -0.15) is 8.78 Å². The number of halogens is 4. The lowest BCUT2D eigenvalue weighted by Crippen LogP contribution is -2.23. The standard InChI is InChI=1S/C17H12F4O/c18-15(19)22-16(9-17(16,20)21)12-5-6-14-11(8-12)7-10-3-1-2-4-13(10)14/h1-6,8,15H,7,9H2. The number of ether oxygens (including phenoxy) is 1. The first-order chi connectivity index (χ1) is 10.4. The van der Waals surface area contributed by atoms with Gasteiger partial charge in [-0.05, 0) is 34.2 Å². The van der Waals surface area contributed by atoms with Gasteiger partial charge in [0.15, 0.2) is 5.60 Å². The van der Waals surface area contributed by atoms with Crippen LogP contribution in [0, 0.1) is 0 Å². The van der Waals surface area contributed by atoms with Crippen molar-refractivity contribution in [3.8, 4) is 11.1 Å². The lowest BCUT2D eigenvalue weighted by Gasteiger charge is -2.18. The summed E-state index contributed by atoms with van der Waals surface area (Å²) in [6, 6.07) is 12.6. The Morgan fingerprint density at radius 2 is 1.64 bits per heavy atom. The summed E-state index contributed by atoms with van der Waals surface area (Å²) >= 11 is 0. The van der Waals surface area contributed by atoms with E-state index in [2.05, 4.69) is 4.74 Å². The molecule has 0 aliphatic heterocycles. The molecule has 0 bridgehead atoms. The fourth-order valence-electron chi connectivity index (χ4n) is 3.33. The van der Waals surface area contributed by atoms with E-state index in [-0.39, 0.29) is 5.56 Å². The lowest BCUT2D eigenvalue weighted by atomic mass is 9.99. The van der Waals surface area contributed by atoms with E-state index in [0.717, 1.165) is 22.3 Å². The van der Waals surface area contributed by atoms with Gasteiger partial charge in [0.1, 0.15) is 0 Å². The Balaban J connectivity index is 1.76. The molecule has 0 aromatic heterocycles. The second-order valence-electron chi connectivity index (χ2n) is 5.79. The molecular formula is C17H12F4O. The predicted molar refractivity (Wildman–Crippen MR) is 73.0 cm³/mol. The minimum Gasteiger partial charge on any atom is -0.305 e. The van der Waals surface area contributed by atoms with E-state index in [0.29, 0.717) is 6.42 Å². The molecule has 0 radical (unpaired) electrons. The monoisotopic (exact) mass is 308 g/mol. The number of alkyl halides is 4. The smallest absolute Gasteiger partial charge is 0.305 e. The van der Waals surface area contributed by atoms with Gasteiger partial charge in [-0.25, -0.2) is 8.78 Å². The van der Waals surface area contributed by atoms with Gasteiger partial charge in [-0.15, -0.1) is 0 Å². The molecule has 1 saturated carbocycles. The molecule has 0 amide bonds. The molecule has 0 saturated heterocycles. The van der Waals surface area contributed by atoms with E-state index in [4.69, 9.17) is 0 Å². The first-order valence-corrected chi connectivity index (χ1v) is 6.98. The fraction of sp³-hybridized carbons (Fsp3) is 0.294. The van der Waals surface area contributed by atoms with E-state index in [1.165, 1.54) is 6.07 Å². The Labute approximate surface area is 124 Å². The lowest BCUT2D eigenvalue weighted by molar-refractivity contribution is -0.203. The van der Waals surface area contributed by atoms with Crippen molar-refractivity contribution in [3.63, 3.8) is 0 Å². The van der Waals surface area contributed by atoms with Crippen LogP contribution < -0.4 is 0 Å². The van der Waals surface area contributed by atoms with Crippen LogP contribution in [0.1, 0.15) is 23.1 Å². The molecule has 4 rings (SSSR count). The van der Waals surface area contributed by atoms with Gasteiger partial charge in [0.2, 0.25) is 0 Å². The second kappa shape index (κ2) is 4.32. The molecule has 114 valence electrons. The third-order valence-electron chi connectivity index (χ3n) is 4.49. The van der Waals surface area contributed by atoms with Crippen LogP contribution in [-0.4, -0.2) is 12.5 Å². The van der Waals surface area contributed by atoms with Crippen LogP contribution in [0.3, 0.4) is 0 Å². The zero-order chi connectivity index (χ0) is 15.5. The molecule has 0 heterocycles. The molecule has 1 fully saturated rings. The molecule has 5 heteroatoms. The van der Waals surface area contributed by atoms with Gasteiger partial charge in [0.25, 0.3) is 5.92 Å². The van der Waals surface area contributed by atoms with Gasteiger partial charge in [0, 0.05) is 0 Å². The van der Waals surface area contributed by atoms with Crippen LogP contribution in [0.4, 0.5) is 17.6 Å². The number of rotatable bonds is 3. The van der Waals surface area contributed by atoms with Crippen molar-refractivity contribution in [3.05, 3.63) is 59.2 Å². The minimum absolute atomic E-state index is 0.129. The van der Waals surface area contributed by atoms with Crippen LogP contribution in [-0.2, 0) is 16.8 Å². The summed E-state index contributed by atoms with van der Waals surface area (Å²) in [7, 11) is 0. The highest BCUT2D eigenvalue weighted by Gasteiger charge is 2.75. The Morgan fingerprint density at radius 1 is 0.955 bits per heavy atom. The van der Waals surface area contributed by atoms with Gasteiger partial charge in [-0.1, -0.05) is 42.5 Å². The Kier molecular flexibility index (Phi) is 2.70. The van der Waals surface area contributed by atoms with Crippen molar-refractivity contribution < 1.29 is 22.3 Å². The summed E-state index contributed by atoms with van der Waals surface area (Å²) in [6.07, 6.45) is -0.0776. The molecule has 0 spiro atoms. The summed E-state index contributed by atoms with van der Waals surface area (Å²) in [6.45, 7) is -3.22. The van der Waals surface area contributed by atoms with Crippen molar-refractivity contribution in [1.29, 1.82) is 0 Å². The highest BCUT2D eigenvalue weighted by atomic mass is 19.3. The highest BCUT2D eigenvalue weighted by Crippen LogP contribution is 2.63. The number of fused-ring (bicyclic) bond motifs is 3. The SMILES string of the molecule is FC(F)OC1(c2ccc3c(c2)Cc2ccccc2-3)CC1(F)F. The third-order valence-corrected chi connectivity index (χ3v) is 4.49. The topological polar surface area (TPSA) is 9.23 Å². The molecule has 2 aliphatic rings.